The molecule has 3 aromatic rings. The number of amides is 1. The number of nitrogens with zero attached hydrogens (tertiary/aromatic N) is 4. The predicted octanol–water partition coefficient (Wildman–Crippen LogP) is 2.31. The molecule has 1 amide bonds. The summed E-state index contributed by atoms with van der Waals surface area (Å²) >= 11 is 0. The number of methoxy groups -OCH3 is 1. The van der Waals surface area contributed by atoms with Gasteiger partial charge in [-0.25, -0.2) is 14.8 Å². The molecule has 204 valence electrons. The SMILES string of the molecule is COc1cc(CNC(=O)c2ccc(N3CCOCC3)nc2)ccc1OC(=O)c1ccc(N2CCOCC2)nc1. The lowest BCUT2D eigenvalue weighted by Gasteiger charge is -2.27. The first-order valence-corrected chi connectivity index (χ1v) is 12.9. The van der Waals surface area contributed by atoms with Gasteiger partial charge in [0.2, 0.25) is 0 Å². The molecule has 39 heavy (non-hydrogen) atoms. The van der Waals surface area contributed by atoms with Crippen LogP contribution in [0.15, 0.2) is 54.9 Å². The van der Waals surface area contributed by atoms with E-state index < -0.39 is 5.97 Å². The van der Waals surface area contributed by atoms with Crippen LogP contribution in [0.4, 0.5) is 11.6 Å². The number of ether oxygens (including phenoxy) is 4. The van der Waals surface area contributed by atoms with Crippen LogP contribution < -0.4 is 24.6 Å². The van der Waals surface area contributed by atoms with Crippen molar-refractivity contribution in [3.63, 3.8) is 0 Å². The van der Waals surface area contributed by atoms with Gasteiger partial charge in [-0.3, -0.25) is 4.79 Å². The molecule has 2 aromatic heterocycles. The molecule has 11 heteroatoms. The van der Waals surface area contributed by atoms with Crippen molar-refractivity contribution in [1.29, 1.82) is 0 Å². The number of anilines is 2. The molecule has 2 fully saturated rings. The fourth-order valence-corrected chi connectivity index (χ4v) is 4.34. The van der Waals surface area contributed by atoms with E-state index >= 15 is 0 Å². The Kier molecular flexibility index (Phi) is 8.49. The van der Waals surface area contributed by atoms with Crippen LogP contribution in [-0.4, -0.2) is 81.6 Å². The van der Waals surface area contributed by atoms with E-state index in [0.29, 0.717) is 43.3 Å². The van der Waals surface area contributed by atoms with Crippen LogP contribution >= 0.6 is 0 Å². The Morgan fingerprint density at radius 3 is 1.95 bits per heavy atom. The molecule has 1 N–H and O–H groups in total. The summed E-state index contributed by atoms with van der Waals surface area (Å²) in [7, 11) is 1.50. The van der Waals surface area contributed by atoms with Crippen LogP contribution in [0, 0.1) is 0 Å². The molecule has 0 unspecified atom stereocenters. The van der Waals surface area contributed by atoms with Crippen molar-refractivity contribution in [2.24, 2.45) is 0 Å². The highest BCUT2D eigenvalue weighted by atomic mass is 16.6. The molecule has 2 aliphatic heterocycles. The number of hydrogen-bond acceptors (Lipinski definition) is 10. The molecule has 11 nitrogen and oxygen atoms in total. The van der Waals surface area contributed by atoms with Crippen molar-refractivity contribution in [3.8, 4) is 11.5 Å². The second-order valence-electron chi connectivity index (χ2n) is 9.07. The zero-order valence-electron chi connectivity index (χ0n) is 21.8. The highest BCUT2D eigenvalue weighted by molar-refractivity contribution is 5.94. The highest BCUT2D eigenvalue weighted by Crippen LogP contribution is 2.29. The van der Waals surface area contributed by atoms with Crippen molar-refractivity contribution in [3.05, 3.63) is 71.5 Å². The van der Waals surface area contributed by atoms with Crippen LogP contribution in [0.2, 0.25) is 0 Å². The third-order valence-corrected chi connectivity index (χ3v) is 6.55. The standard InChI is InChI=1S/C28H31N5O6/c1-36-24-16-20(17-31-27(34)21-3-6-25(29-18-21)32-8-12-37-13-9-32)2-5-23(24)39-28(35)22-4-7-26(30-19-22)33-10-14-38-15-11-33/h2-7,16,18-19H,8-15,17H2,1H3,(H,31,34). The zero-order chi connectivity index (χ0) is 27.0. The number of hydrogen-bond donors (Lipinski definition) is 1. The van der Waals surface area contributed by atoms with Crippen LogP contribution in [-0.2, 0) is 16.0 Å². The number of pyridine rings is 2. The van der Waals surface area contributed by atoms with E-state index in [9.17, 15) is 9.59 Å². The summed E-state index contributed by atoms with van der Waals surface area (Å²) in [5.74, 6) is 1.50. The molecule has 0 atom stereocenters. The van der Waals surface area contributed by atoms with Crippen molar-refractivity contribution >= 4 is 23.5 Å². The fourth-order valence-electron chi connectivity index (χ4n) is 4.34. The summed E-state index contributed by atoms with van der Waals surface area (Å²) in [6.45, 7) is 6.01. The first kappa shape index (κ1) is 26.4. The Bertz CT molecular complexity index is 1270. The van der Waals surface area contributed by atoms with E-state index in [0.717, 1.165) is 43.4 Å². The van der Waals surface area contributed by atoms with Gasteiger partial charge in [0, 0.05) is 45.1 Å². The van der Waals surface area contributed by atoms with Gasteiger partial charge in [-0.15, -0.1) is 0 Å². The third kappa shape index (κ3) is 6.62. The normalized spacial score (nSPS) is 15.5. The van der Waals surface area contributed by atoms with Crippen molar-refractivity contribution in [2.75, 3.05) is 69.5 Å². The summed E-state index contributed by atoms with van der Waals surface area (Å²) < 4.78 is 21.7. The Hall–Kier alpha value is -4.22. The van der Waals surface area contributed by atoms with E-state index in [1.165, 1.54) is 13.3 Å². The number of nitrogens with one attached hydrogen (secondary N) is 1. The van der Waals surface area contributed by atoms with Gasteiger partial charge in [0.05, 0.1) is 44.7 Å². The van der Waals surface area contributed by atoms with E-state index in [4.69, 9.17) is 18.9 Å². The van der Waals surface area contributed by atoms with Gasteiger partial charge in [-0.05, 0) is 42.0 Å². The Morgan fingerprint density at radius 1 is 0.821 bits per heavy atom. The third-order valence-electron chi connectivity index (χ3n) is 6.55. The molecule has 2 aliphatic rings. The van der Waals surface area contributed by atoms with Crippen molar-refractivity contribution in [2.45, 2.75) is 6.54 Å². The van der Waals surface area contributed by atoms with Gasteiger partial charge in [-0.1, -0.05) is 6.07 Å². The van der Waals surface area contributed by atoms with E-state index in [-0.39, 0.29) is 18.2 Å². The molecular weight excluding hydrogens is 502 g/mol. The lowest BCUT2D eigenvalue weighted by Crippen LogP contribution is -2.36. The average Bonchev–Trinajstić information content (AvgIpc) is 3.01. The topological polar surface area (TPSA) is 115 Å². The molecular formula is C28H31N5O6. The molecule has 0 radical (unpaired) electrons. The first-order valence-electron chi connectivity index (χ1n) is 12.9. The molecule has 0 saturated carbocycles. The molecule has 1 aromatic carbocycles. The number of morpholine rings is 2. The van der Waals surface area contributed by atoms with Gasteiger partial charge < -0.3 is 34.1 Å². The van der Waals surface area contributed by atoms with Crippen LogP contribution in [0.3, 0.4) is 0 Å². The maximum Gasteiger partial charge on any atom is 0.345 e. The minimum absolute atomic E-state index is 0.237. The van der Waals surface area contributed by atoms with Crippen LogP contribution in [0.1, 0.15) is 26.3 Å². The maximum atomic E-state index is 12.7. The second-order valence-corrected chi connectivity index (χ2v) is 9.07. The number of benzene rings is 1. The summed E-state index contributed by atoms with van der Waals surface area (Å²) in [5, 5.41) is 2.89. The van der Waals surface area contributed by atoms with Crippen LogP contribution in [0.5, 0.6) is 11.5 Å². The Balaban J connectivity index is 1.16. The minimum Gasteiger partial charge on any atom is -0.493 e. The molecule has 2 saturated heterocycles. The van der Waals surface area contributed by atoms with Crippen molar-refractivity contribution < 1.29 is 28.5 Å². The van der Waals surface area contributed by atoms with Crippen LogP contribution in [0.25, 0.3) is 0 Å². The average molecular weight is 534 g/mol. The van der Waals surface area contributed by atoms with Gasteiger partial charge >= 0.3 is 5.97 Å². The Labute approximate surface area is 226 Å². The Morgan fingerprint density at radius 2 is 1.41 bits per heavy atom. The molecule has 4 heterocycles. The number of aromatic nitrogens is 2. The largest absolute Gasteiger partial charge is 0.493 e. The summed E-state index contributed by atoms with van der Waals surface area (Å²) in [6, 6.07) is 12.2. The molecule has 5 rings (SSSR count). The van der Waals surface area contributed by atoms with Gasteiger partial charge in [-0.2, -0.15) is 0 Å². The molecule has 0 spiro atoms. The summed E-state index contributed by atoms with van der Waals surface area (Å²) in [4.78, 5) is 38.4. The van der Waals surface area contributed by atoms with Gasteiger partial charge in [0.1, 0.15) is 11.6 Å². The number of carbonyl (C=O) groups is 2. The lowest BCUT2D eigenvalue weighted by molar-refractivity contribution is 0.0729. The van der Waals surface area contributed by atoms with Gasteiger partial charge in [0.15, 0.2) is 11.5 Å². The monoisotopic (exact) mass is 533 g/mol. The van der Waals surface area contributed by atoms with E-state index in [1.54, 1.807) is 42.6 Å². The second kappa shape index (κ2) is 12.5. The summed E-state index contributed by atoms with van der Waals surface area (Å²) in [5.41, 5.74) is 1.59. The zero-order valence-corrected chi connectivity index (χ0v) is 21.8. The fraction of sp³-hybridized carbons (Fsp3) is 0.357. The first-order chi connectivity index (χ1) is 19.1. The lowest BCUT2D eigenvalue weighted by atomic mass is 10.2. The van der Waals surface area contributed by atoms with E-state index in [2.05, 4.69) is 25.1 Å². The van der Waals surface area contributed by atoms with E-state index in [1.807, 2.05) is 6.07 Å². The highest BCUT2D eigenvalue weighted by Gasteiger charge is 2.17. The maximum absolute atomic E-state index is 12.7. The van der Waals surface area contributed by atoms with Crippen molar-refractivity contribution in [1.82, 2.24) is 15.3 Å². The minimum atomic E-state index is -0.539. The predicted molar refractivity (Wildman–Crippen MR) is 144 cm³/mol. The van der Waals surface area contributed by atoms with Gasteiger partial charge in [0.25, 0.3) is 5.91 Å². The number of rotatable bonds is 8. The molecule has 0 aliphatic carbocycles. The quantitative estimate of drug-likeness (QED) is 0.342. The number of esters is 1. The molecule has 0 bridgehead atoms. The summed E-state index contributed by atoms with van der Waals surface area (Å²) in [6.07, 6.45) is 3.08. The number of carbonyl (C=O) groups excluding carboxylic acids is 2. The smallest absolute Gasteiger partial charge is 0.345 e.